The van der Waals surface area contributed by atoms with Crippen LogP contribution in [0.2, 0.25) is 0 Å². The molecule has 1 aromatic carbocycles. The number of ether oxygens (including phenoxy) is 1. The third-order valence-corrected chi connectivity index (χ3v) is 2.76. The van der Waals surface area contributed by atoms with Crippen molar-refractivity contribution in [3.63, 3.8) is 0 Å². The highest BCUT2D eigenvalue weighted by atomic mass is 19.4. The summed E-state index contributed by atoms with van der Waals surface area (Å²) in [5.41, 5.74) is -0.526. The molecule has 4 nitrogen and oxygen atoms in total. The maximum atomic E-state index is 12.8. The lowest BCUT2D eigenvalue weighted by Gasteiger charge is -2.27. The van der Waals surface area contributed by atoms with Crippen molar-refractivity contribution >= 4 is 17.6 Å². The number of cyclic esters (lactones) is 2. The van der Waals surface area contributed by atoms with Crippen LogP contribution in [0.25, 0.3) is 0 Å². The number of hydrogen-bond donors (Lipinski definition) is 0. The van der Waals surface area contributed by atoms with Gasteiger partial charge in [-0.2, -0.15) is 13.2 Å². The molecule has 0 bridgehead atoms. The van der Waals surface area contributed by atoms with Gasteiger partial charge in [-0.15, -0.1) is 0 Å². The van der Waals surface area contributed by atoms with E-state index in [9.17, 15) is 22.8 Å². The minimum absolute atomic E-state index is 0.0853. The molecule has 1 aliphatic rings. The van der Waals surface area contributed by atoms with E-state index in [1.807, 2.05) is 0 Å². The summed E-state index contributed by atoms with van der Waals surface area (Å²) in [4.78, 5) is 23.5. The molecule has 0 amide bonds. The fourth-order valence-corrected chi connectivity index (χ4v) is 1.85. The molecule has 0 N–H and O–H groups in total. The van der Waals surface area contributed by atoms with Gasteiger partial charge in [0.1, 0.15) is 13.1 Å². The quantitative estimate of drug-likeness (QED) is 0.579. The number of morpholine rings is 1. The molecule has 1 fully saturated rings. The second-order valence-electron chi connectivity index (χ2n) is 4.20. The number of rotatable bonds is 1. The molecular weight excluding hydrogens is 263 g/mol. The SMILES string of the molecule is Cc1ccc(N2CC(=O)OC(=O)C2)cc1C(F)(F)F. The molecule has 0 spiro atoms. The lowest BCUT2D eigenvalue weighted by molar-refractivity contribution is -0.160. The molecule has 1 heterocycles. The van der Waals surface area contributed by atoms with Crippen molar-refractivity contribution < 1.29 is 27.5 Å². The van der Waals surface area contributed by atoms with Gasteiger partial charge in [-0.1, -0.05) is 6.07 Å². The number of esters is 2. The van der Waals surface area contributed by atoms with E-state index < -0.39 is 23.7 Å². The molecule has 7 heteroatoms. The Balaban J connectivity index is 2.36. The summed E-state index contributed by atoms with van der Waals surface area (Å²) < 4.78 is 42.6. The summed E-state index contributed by atoms with van der Waals surface area (Å²) in [7, 11) is 0. The van der Waals surface area contributed by atoms with E-state index in [2.05, 4.69) is 4.74 Å². The van der Waals surface area contributed by atoms with Gasteiger partial charge >= 0.3 is 18.1 Å². The van der Waals surface area contributed by atoms with Crippen LogP contribution in [-0.2, 0) is 20.5 Å². The summed E-state index contributed by atoms with van der Waals surface area (Å²) in [6, 6.07) is 3.68. The average molecular weight is 273 g/mol. The van der Waals surface area contributed by atoms with Crippen molar-refractivity contribution in [2.24, 2.45) is 0 Å². The highest BCUT2D eigenvalue weighted by Gasteiger charge is 2.33. The van der Waals surface area contributed by atoms with Crippen LogP contribution in [0.3, 0.4) is 0 Å². The van der Waals surface area contributed by atoms with Gasteiger partial charge in [0.05, 0.1) is 5.56 Å². The normalized spacial score (nSPS) is 16.5. The Kier molecular flexibility index (Phi) is 3.21. The molecule has 19 heavy (non-hydrogen) atoms. The number of alkyl halides is 3. The van der Waals surface area contributed by atoms with Crippen LogP contribution in [0.5, 0.6) is 0 Å². The van der Waals surface area contributed by atoms with Crippen molar-refractivity contribution in [1.82, 2.24) is 0 Å². The first-order chi connectivity index (χ1) is 8.77. The van der Waals surface area contributed by atoms with Crippen molar-refractivity contribution in [2.45, 2.75) is 13.1 Å². The number of carbonyl (C=O) groups excluding carboxylic acids is 2. The monoisotopic (exact) mass is 273 g/mol. The molecule has 0 atom stereocenters. The minimum Gasteiger partial charge on any atom is -0.390 e. The van der Waals surface area contributed by atoms with Gasteiger partial charge in [0, 0.05) is 5.69 Å². The summed E-state index contributed by atoms with van der Waals surface area (Å²) in [5, 5.41) is 0. The molecule has 0 aromatic heterocycles. The third kappa shape index (κ3) is 2.86. The van der Waals surface area contributed by atoms with Gasteiger partial charge in [-0.05, 0) is 24.6 Å². The van der Waals surface area contributed by atoms with Crippen LogP contribution >= 0.6 is 0 Å². The van der Waals surface area contributed by atoms with Crippen LogP contribution < -0.4 is 4.90 Å². The number of carbonyl (C=O) groups is 2. The molecular formula is C12H10F3NO3. The lowest BCUT2D eigenvalue weighted by Crippen LogP contribution is -2.43. The predicted molar refractivity (Wildman–Crippen MR) is 59.5 cm³/mol. The third-order valence-electron chi connectivity index (χ3n) is 2.76. The molecule has 1 saturated heterocycles. The van der Waals surface area contributed by atoms with E-state index in [4.69, 9.17) is 0 Å². The fourth-order valence-electron chi connectivity index (χ4n) is 1.85. The van der Waals surface area contributed by atoms with Gasteiger partial charge in [0.25, 0.3) is 0 Å². The largest absolute Gasteiger partial charge is 0.416 e. The van der Waals surface area contributed by atoms with Gasteiger partial charge in [-0.3, -0.25) is 0 Å². The van der Waals surface area contributed by atoms with E-state index in [-0.39, 0.29) is 24.3 Å². The molecule has 0 radical (unpaired) electrons. The first-order valence-electron chi connectivity index (χ1n) is 5.43. The zero-order chi connectivity index (χ0) is 14.2. The van der Waals surface area contributed by atoms with Gasteiger partial charge < -0.3 is 9.64 Å². The molecule has 2 rings (SSSR count). The molecule has 1 aromatic rings. The summed E-state index contributed by atoms with van der Waals surface area (Å²) in [5.74, 6) is -1.55. The van der Waals surface area contributed by atoms with E-state index in [1.54, 1.807) is 0 Å². The Hall–Kier alpha value is -2.05. The second-order valence-corrected chi connectivity index (χ2v) is 4.20. The lowest BCUT2D eigenvalue weighted by atomic mass is 10.1. The summed E-state index contributed by atoms with van der Waals surface area (Å²) in [6.45, 7) is 0.862. The number of halogens is 3. The van der Waals surface area contributed by atoms with Crippen molar-refractivity contribution in [3.8, 4) is 0 Å². The van der Waals surface area contributed by atoms with Crippen LogP contribution in [0.1, 0.15) is 11.1 Å². The van der Waals surface area contributed by atoms with Gasteiger partial charge in [0.2, 0.25) is 0 Å². The maximum absolute atomic E-state index is 12.8. The average Bonchev–Trinajstić information content (AvgIpc) is 2.26. The first-order valence-corrected chi connectivity index (χ1v) is 5.43. The van der Waals surface area contributed by atoms with E-state index in [1.165, 1.54) is 24.0 Å². The van der Waals surface area contributed by atoms with E-state index in [0.717, 1.165) is 6.07 Å². The van der Waals surface area contributed by atoms with Crippen LogP contribution in [0.4, 0.5) is 18.9 Å². The Morgan fingerprint density at radius 3 is 2.26 bits per heavy atom. The maximum Gasteiger partial charge on any atom is 0.416 e. The molecule has 102 valence electrons. The predicted octanol–water partition coefficient (Wildman–Crippen LogP) is 1.90. The number of aryl methyl sites for hydroxylation is 1. The van der Waals surface area contributed by atoms with Gasteiger partial charge in [0.15, 0.2) is 0 Å². The highest BCUT2D eigenvalue weighted by Crippen LogP contribution is 2.34. The molecule has 0 aliphatic carbocycles. The Morgan fingerprint density at radius 2 is 1.74 bits per heavy atom. The topological polar surface area (TPSA) is 46.6 Å². The standard InChI is InChI=1S/C12H10F3NO3/c1-7-2-3-8(4-9(7)12(13,14)15)16-5-10(17)19-11(18)6-16/h2-4H,5-6H2,1H3. The smallest absolute Gasteiger partial charge is 0.390 e. The molecule has 0 saturated carbocycles. The Bertz CT molecular complexity index is 524. The number of hydrogen-bond acceptors (Lipinski definition) is 4. The van der Waals surface area contributed by atoms with Crippen molar-refractivity contribution in [3.05, 3.63) is 29.3 Å². The fraction of sp³-hybridized carbons (Fsp3) is 0.333. The van der Waals surface area contributed by atoms with Gasteiger partial charge in [-0.25, -0.2) is 9.59 Å². The zero-order valence-electron chi connectivity index (χ0n) is 9.95. The number of anilines is 1. The molecule has 0 unspecified atom stereocenters. The second kappa shape index (κ2) is 4.56. The van der Waals surface area contributed by atoms with Crippen molar-refractivity contribution in [1.29, 1.82) is 0 Å². The zero-order valence-corrected chi connectivity index (χ0v) is 9.95. The molecule has 1 aliphatic heterocycles. The van der Waals surface area contributed by atoms with Crippen molar-refractivity contribution in [2.75, 3.05) is 18.0 Å². The summed E-state index contributed by atoms with van der Waals surface area (Å²) >= 11 is 0. The Morgan fingerprint density at radius 1 is 1.16 bits per heavy atom. The number of benzene rings is 1. The van der Waals surface area contributed by atoms with Crippen LogP contribution in [-0.4, -0.2) is 25.0 Å². The van der Waals surface area contributed by atoms with Crippen LogP contribution in [0.15, 0.2) is 18.2 Å². The Labute approximate surface area is 106 Å². The summed E-state index contributed by atoms with van der Waals surface area (Å²) in [6.07, 6.45) is -4.47. The highest BCUT2D eigenvalue weighted by molar-refractivity contribution is 5.94. The van der Waals surface area contributed by atoms with E-state index >= 15 is 0 Å². The first kappa shape index (κ1) is 13.4. The van der Waals surface area contributed by atoms with E-state index in [0.29, 0.717) is 0 Å². The van der Waals surface area contributed by atoms with Crippen LogP contribution in [0, 0.1) is 6.92 Å². The number of nitrogens with zero attached hydrogens (tertiary/aromatic N) is 1. The minimum atomic E-state index is -4.47.